The Kier molecular flexibility index (Phi) is 5.51. The van der Waals surface area contributed by atoms with E-state index in [1.165, 1.54) is 44.2 Å². The van der Waals surface area contributed by atoms with Crippen LogP contribution in [0.3, 0.4) is 0 Å². The predicted molar refractivity (Wildman–Crippen MR) is 109 cm³/mol. The second-order valence-electron chi connectivity index (χ2n) is 7.37. The molecule has 1 amide bonds. The maximum Gasteiger partial charge on any atom is 0.258 e. The average Bonchev–Trinajstić information content (AvgIpc) is 2.76. The van der Waals surface area contributed by atoms with Gasteiger partial charge in [0, 0.05) is 49.9 Å². The van der Waals surface area contributed by atoms with Crippen molar-refractivity contribution in [1.82, 2.24) is 9.97 Å². The first-order chi connectivity index (χ1) is 13.3. The van der Waals surface area contributed by atoms with Crippen LogP contribution in [0.25, 0.3) is 0 Å². The third kappa shape index (κ3) is 4.38. The number of hydrogen-bond donors (Lipinski definition) is 1. The molecule has 0 aliphatic carbocycles. The second-order valence-corrected chi connectivity index (χ2v) is 7.37. The maximum absolute atomic E-state index is 12.5. The minimum Gasteiger partial charge on any atom is -0.372 e. The van der Waals surface area contributed by atoms with Crippen molar-refractivity contribution in [2.24, 2.45) is 0 Å². The standard InChI is InChI=1S/C21H27N5O/c27-20(17-15-22-21(23-16-17)26-13-5-2-6-14-26)24-18-7-9-19(10-8-18)25-11-3-1-4-12-25/h7-10,15-16H,1-6,11-14H2,(H,24,27). The molecule has 0 bridgehead atoms. The number of nitrogens with one attached hydrogen (secondary N) is 1. The third-order valence-corrected chi connectivity index (χ3v) is 5.39. The molecule has 6 heteroatoms. The van der Waals surface area contributed by atoms with Gasteiger partial charge in [0.25, 0.3) is 5.91 Å². The van der Waals surface area contributed by atoms with Gasteiger partial charge < -0.3 is 15.1 Å². The minimum absolute atomic E-state index is 0.175. The summed E-state index contributed by atoms with van der Waals surface area (Å²) in [5, 5.41) is 2.94. The van der Waals surface area contributed by atoms with Crippen molar-refractivity contribution in [3.05, 3.63) is 42.2 Å². The molecular formula is C21H27N5O. The highest BCUT2D eigenvalue weighted by Gasteiger charge is 2.15. The van der Waals surface area contributed by atoms with Crippen molar-refractivity contribution in [2.45, 2.75) is 38.5 Å². The van der Waals surface area contributed by atoms with E-state index in [0.717, 1.165) is 37.8 Å². The van der Waals surface area contributed by atoms with Gasteiger partial charge in [0.2, 0.25) is 5.95 Å². The lowest BCUT2D eigenvalue weighted by molar-refractivity contribution is 0.102. The van der Waals surface area contributed by atoms with E-state index in [1.807, 2.05) is 12.1 Å². The second kappa shape index (κ2) is 8.37. The number of amides is 1. The molecule has 2 aliphatic heterocycles. The van der Waals surface area contributed by atoms with Crippen LogP contribution in [-0.2, 0) is 0 Å². The summed E-state index contributed by atoms with van der Waals surface area (Å²) >= 11 is 0. The molecule has 1 aromatic carbocycles. The first-order valence-electron chi connectivity index (χ1n) is 10.0. The highest BCUT2D eigenvalue weighted by atomic mass is 16.1. The van der Waals surface area contributed by atoms with Crippen molar-refractivity contribution in [1.29, 1.82) is 0 Å². The summed E-state index contributed by atoms with van der Waals surface area (Å²) < 4.78 is 0. The van der Waals surface area contributed by atoms with Gasteiger partial charge in [0.1, 0.15) is 0 Å². The van der Waals surface area contributed by atoms with Gasteiger partial charge in [-0.25, -0.2) is 9.97 Å². The molecule has 0 saturated carbocycles. The monoisotopic (exact) mass is 365 g/mol. The molecular weight excluding hydrogens is 338 g/mol. The number of hydrogen-bond acceptors (Lipinski definition) is 5. The molecule has 142 valence electrons. The Bertz CT molecular complexity index is 747. The molecule has 2 fully saturated rings. The first kappa shape index (κ1) is 17.8. The molecule has 0 spiro atoms. The van der Waals surface area contributed by atoms with Gasteiger partial charge in [-0.3, -0.25) is 4.79 Å². The molecule has 27 heavy (non-hydrogen) atoms. The SMILES string of the molecule is O=C(Nc1ccc(N2CCCCC2)cc1)c1cnc(N2CCCCC2)nc1. The zero-order valence-electron chi connectivity index (χ0n) is 15.7. The smallest absolute Gasteiger partial charge is 0.258 e. The van der Waals surface area contributed by atoms with Crippen LogP contribution in [0.15, 0.2) is 36.7 Å². The molecule has 2 saturated heterocycles. The Morgan fingerprint density at radius 3 is 1.93 bits per heavy atom. The van der Waals surface area contributed by atoms with Crippen molar-refractivity contribution in [3.63, 3.8) is 0 Å². The Balaban J connectivity index is 1.36. The topological polar surface area (TPSA) is 61.4 Å². The van der Waals surface area contributed by atoms with E-state index >= 15 is 0 Å². The predicted octanol–water partition coefficient (Wildman–Crippen LogP) is 3.71. The molecule has 2 aliphatic rings. The molecule has 0 unspecified atom stereocenters. The highest BCUT2D eigenvalue weighted by molar-refractivity contribution is 6.03. The zero-order valence-corrected chi connectivity index (χ0v) is 15.7. The Labute approximate surface area is 160 Å². The van der Waals surface area contributed by atoms with Gasteiger partial charge in [0.05, 0.1) is 5.56 Å². The number of anilines is 3. The lowest BCUT2D eigenvalue weighted by Gasteiger charge is -2.28. The molecule has 2 aromatic rings. The minimum atomic E-state index is -0.175. The Morgan fingerprint density at radius 2 is 1.33 bits per heavy atom. The zero-order chi connectivity index (χ0) is 18.5. The fourth-order valence-corrected chi connectivity index (χ4v) is 3.81. The van der Waals surface area contributed by atoms with Crippen molar-refractivity contribution < 1.29 is 4.79 Å². The van der Waals surface area contributed by atoms with E-state index in [9.17, 15) is 4.79 Å². The number of aromatic nitrogens is 2. The number of piperidine rings is 2. The van der Waals surface area contributed by atoms with Gasteiger partial charge in [-0.15, -0.1) is 0 Å². The maximum atomic E-state index is 12.5. The molecule has 3 heterocycles. The van der Waals surface area contributed by atoms with Crippen LogP contribution in [0.1, 0.15) is 48.9 Å². The van der Waals surface area contributed by atoms with E-state index < -0.39 is 0 Å². The fraction of sp³-hybridized carbons (Fsp3) is 0.476. The van der Waals surface area contributed by atoms with Crippen LogP contribution in [0.2, 0.25) is 0 Å². The van der Waals surface area contributed by atoms with E-state index in [4.69, 9.17) is 0 Å². The summed E-state index contributed by atoms with van der Waals surface area (Å²) in [6.45, 7) is 4.22. The summed E-state index contributed by atoms with van der Waals surface area (Å²) in [4.78, 5) is 25.8. The van der Waals surface area contributed by atoms with Crippen molar-refractivity contribution >= 4 is 23.2 Å². The quantitative estimate of drug-likeness (QED) is 0.895. The van der Waals surface area contributed by atoms with E-state index in [1.54, 1.807) is 12.4 Å². The molecule has 4 rings (SSSR count). The van der Waals surface area contributed by atoms with Crippen molar-refractivity contribution in [3.8, 4) is 0 Å². The normalized spacial score (nSPS) is 17.6. The van der Waals surface area contributed by atoms with Gasteiger partial charge in [-0.05, 0) is 62.8 Å². The van der Waals surface area contributed by atoms with Crippen LogP contribution in [0, 0.1) is 0 Å². The van der Waals surface area contributed by atoms with Crippen molar-refractivity contribution in [2.75, 3.05) is 41.3 Å². The summed E-state index contributed by atoms with van der Waals surface area (Å²) in [7, 11) is 0. The largest absolute Gasteiger partial charge is 0.372 e. The summed E-state index contributed by atoms with van der Waals surface area (Å²) in [5.41, 5.74) is 2.50. The lowest BCUT2D eigenvalue weighted by Crippen LogP contribution is -2.31. The van der Waals surface area contributed by atoms with Gasteiger partial charge >= 0.3 is 0 Å². The number of benzene rings is 1. The van der Waals surface area contributed by atoms with Crippen LogP contribution < -0.4 is 15.1 Å². The van der Waals surface area contributed by atoms with E-state index in [0.29, 0.717) is 5.56 Å². The number of carbonyl (C=O) groups excluding carboxylic acids is 1. The number of rotatable bonds is 4. The average molecular weight is 365 g/mol. The Morgan fingerprint density at radius 1 is 0.778 bits per heavy atom. The van der Waals surface area contributed by atoms with Gasteiger partial charge in [0.15, 0.2) is 0 Å². The number of carbonyl (C=O) groups is 1. The third-order valence-electron chi connectivity index (χ3n) is 5.39. The summed E-state index contributed by atoms with van der Waals surface area (Å²) in [6.07, 6.45) is 10.7. The molecule has 0 atom stereocenters. The summed E-state index contributed by atoms with van der Waals surface area (Å²) in [6, 6.07) is 8.09. The fourth-order valence-electron chi connectivity index (χ4n) is 3.81. The van der Waals surface area contributed by atoms with Crippen LogP contribution in [0.4, 0.5) is 17.3 Å². The molecule has 6 nitrogen and oxygen atoms in total. The lowest BCUT2D eigenvalue weighted by atomic mass is 10.1. The Hall–Kier alpha value is -2.63. The molecule has 1 aromatic heterocycles. The summed E-state index contributed by atoms with van der Waals surface area (Å²) in [5.74, 6) is 0.544. The van der Waals surface area contributed by atoms with Crippen LogP contribution in [-0.4, -0.2) is 42.1 Å². The van der Waals surface area contributed by atoms with E-state index in [2.05, 4.69) is 37.2 Å². The van der Waals surface area contributed by atoms with Crippen LogP contribution >= 0.6 is 0 Å². The molecule has 0 radical (unpaired) electrons. The van der Waals surface area contributed by atoms with Gasteiger partial charge in [-0.1, -0.05) is 0 Å². The first-order valence-corrected chi connectivity index (χ1v) is 10.0. The highest BCUT2D eigenvalue weighted by Crippen LogP contribution is 2.22. The van der Waals surface area contributed by atoms with Gasteiger partial charge in [-0.2, -0.15) is 0 Å². The van der Waals surface area contributed by atoms with Crippen LogP contribution in [0.5, 0.6) is 0 Å². The number of nitrogens with zero attached hydrogens (tertiary/aromatic N) is 4. The van der Waals surface area contributed by atoms with E-state index in [-0.39, 0.29) is 5.91 Å². The molecule has 1 N–H and O–H groups in total.